The monoisotopic (exact) mass is 447 g/mol. The van der Waals surface area contributed by atoms with Gasteiger partial charge in [0.2, 0.25) is 0 Å². The highest BCUT2D eigenvalue weighted by atomic mass is 32.2. The van der Waals surface area contributed by atoms with E-state index < -0.39 is 26.4 Å². The average Bonchev–Trinajstić information content (AvgIpc) is 3.04. The van der Waals surface area contributed by atoms with Crippen LogP contribution in [0.25, 0.3) is 10.2 Å². The number of sulfone groups is 1. The molecule has 0 bridgehead atoms. The van der Waals surface area contributed by atoms with Crippen molar-refractivity contribution in [2.24, 2.45) is 4.99 Å². The van der Waals surface area contributed by atoms with Gasteiger partial charge in [0.1, 0.15) is 11.5 Å². The topological polar surface area (TPSA) is 121 Å². The van der Waals surface area contributed by atoms with Crippen molar-refractivity contribution in [3.8, 4) is 5.75 Å². The Morgan fingerprint density at radius 3 is 2.60 bits per heavy atom. The van der Waals surface area contributed by atoms with E-state index >= 15 is 0 Å². The van der Waals surface area contributed by atoms with Crippen LogP contribution in [0.3, 0.4) is 0 Å². The van der Waals surface area contributed by atoms with Crippen molar-refractivity contribution >= 4 is 43.0 Å². The molecule has 0 fully saturated rings. The van der Waals surface area contributed by atoms with E-state index in [1.807, 2.05) is 0 Å². The lowest BCUT2D eigenvalue weighted by molar-refractivity contribution is -0.384. The van der Waals surface area contributed by atoms with E-state index in [1.54, 1.807) is 16.7 Å². The van der Waals surface area contributed by atoms with Crippen LogP contribution in [0.15, 0.2) is 65.0 Å². The van der Waals surface area contributed by atoms with E-state index in [1.165, 1.54) is 43.5 Å². The van der Waals surface area contributed by atoms with Gasteiger partial charge in [-0.15, -0.1) is 6.58 Å². The number of fused-ring (bicyclic) bond motifs is 1. The summed E-state index contributed by atoms with van der Waals surface area (Å²) >= 11 is 1.13. The number of nitro benzene ring substituents is 1. The van der Waals surface area contributed by atoms with Crippen LogP contribution >= 0.6 is 11.3 Å². The molecule has 0 atom stereocenters. The Kier molecular flexibility index (Phi) is 6.13. The molecule has 0 radical (unpaired) electrons. The molecule has 0 N–H and O–H groups in total. The van der Waals surface area contributed by atoms with Crippen molar-refractivity contribution in [1.82, 2.24) is 4.57 Å². The summed E-state index contributed by atoms with van der Waals surface area (Å²) in [6.45, 7) is 3.90. The van der Waals surface area contributed by atoms with E-state index in [-0.39, 0.29) is 21.9 Å². The zero-order valence-electron chi connectivity index (χ0n) is 15.8. The maximum Gasteiger partial charge on any atom is 0.271 e. The number of hydrogen-bond donors (Lipinski definition) is 0. The Balaban J connectivity index is 1.98. The van der Waals surface area contributed by atoms with E-state index in [0.29, 0.717) is 16.0 Å². The van der Waals surface area contributed by atoms with Gasteiger partial charge in [0, 0.05) is 18.7 Å². The van der Waals surface area contributed by atoms with Gasteiger partial charge >= 0.3 is 0 Å². The summed E-state index contributed by atoms with van der Waals surface area (Å²) in [5.74, 6) is -1.15. The number of benzene rings is 2. The lowest BCUT2D eigenvalue weighted by atomic mass is 10.3. The first-order valence-electron chi connectivity index (χ1n) is 8.58. The first-order chi connectivity index (χ1) is 14.2. The van der Waals surface area contributed by atoms with E-state index in [2.05, 4.69) is 11.6 Å². The molecular weight excluding hydrogens is 430 g/mol. The van der Waals surface area contributed by atoms with Gasteiger partial charge in [-0.2, -0.15) is 4.99 Å². The van der Waals surface area contributed by atoms with Crippen LogP contribution in [0.2, 0.25) is 0 Å². The number of hydrogen-bond acceptors (Lipinski definition) is 7. The second-order valence-corrected chi connectivity index (χ2v) is 9.13. The summed E-state index contributed by atoms with van der Waals surface area (Å²) in [6, 6.07) is 10.0. The van der Waals surface area contributed by atoms with Crippen LogP contribution in [0.4, 0.5) is 5.69 Å². The third kappa shape index (κ3) is 4.47. The molecule has 0 aliphatic carbocycles. The van der Waals surface area contributed by atoms with Crippen molar-refractivity contribution in [2.45, 2.75) is 11.4 Å². The molecule has 1 heterocycles. The number of methoxy groups -OCH3 is 1. The lowest BCUT2D eigenvalue weighted by Crippen LogP contribution is -2.20. The fraction of sp³-hybridized carbons (Fsp3) is 0.158. The fourth-order valence-electron chi connectivity index (χ4n) is 2.73. The molecule has 0 aliphatic heterocycles. The van der Waals surface area contributed by atoms with Crippen LogP contribution < -0.4 is 9.54 Å². The maximum atomic E-state index is 12.5. The molecule has 156 valence electrons. The molecule has 0 spiro atoms. The summed E-state index contributed by atoms with van der Waals surface area (Å²) in [7, 11) is -2.43. The summed E-state index contributed by atoms with van der Waals surface area (Å²) < 4.78 is 32.3. The third-order valence-electron chi connectivity index (χ3n) is 4.14. The predicted molar refractivity (Wildman–Crippen MR) is 112 cm³/mol. The standard InChI is InChI=1S/C19H17N3O6S2/c1-3-10-21-16-11-13(22(24)25)4-9-17(16)29-19(21)20-18(23)12-30(26,27)15-7-5-14(28-2)6-8-15/h3-9,11H,1,10,12H2,2H3. The summed E-state index contributed by atoms with van der Waals surface area (Å²) in [5, 5.41) is 11.1. The van der Waals surface area contributed by atoms with Gasteiger partial charge in [-0.1, -0.05) is 17.4 Å². The van der Waals surface area contributed by atoms with E-state index in [9.17, 15) is 23.3 Å². The number of nitrogens with zero attached hydrogens (tertiary/aromatic N) is 3. The quantitative estimate of drug-likeness (QED) is 0.312. The minimum absolute atomic E-state index is 0.0159. The minimum Gasteiger partial charge on any atom is -0.497 e. The smallest absolute Gasteiger partial charge is 0.271 e. The Bertz CT molecular complexity index is 1300. The summed E-state index contributed by atoms with van der Waals surface area (Å²) in [6.07, 6.45) is 1.56. The summed E-state index contributed by atoms with van der Waals surface area (Å²) in [5.41, 5.74) is 0.414. The molecule has 30 heavy (non-hydrogen) atoms. The van der Waals surface area contributed by atoms with Crippen LogP contribution in [0.5, 0.6) is 5.75 Å². The Morgan fingerprint density at radius 2 is 2.00 bits per heavy atom. The SMILES string of the molecule is C=CCn1c(=NC(=O)CS(=O)(=O)c2ccc(OC)cc2)sc2ccc([N+](=O)[O-])cc21. The number of carbonyl (C=O) groups excluding carboxylic acids is 1. The number of rotatable bonds is 7. The fourth-order valence-corrected chi connectivity index (χ4v) is 4.87. The van der Waals surface area contributed by atoms with Gasteiger partial charge in [0.15, 0.2) is 14.6 Å². The second-order valence-electron chi connectivity index (χ2n) is 6.13. The van der Waals surface area contributed by atoms with E-state index in [4.69, 9.17) is 4.74 Å². The van der Waals surface area contributed by atoms with Crippen LogP contribution in [0, 0.1) is 10.1 Å². The number of nitro groups is 1. The van der Waals surface area contributed by atoms with Gasteiger partial charge in [0.25, 0.3) is 11.6 Å². The molecule has 3 rings (SSSR count). The van der Waals surface area contributed by atoms with Crippen molar-refractivity contribution in [3.63, 3.8) is 0 Å². The highest BCUT2D eigenvalue weighted by Crippen LogP contribution is 2.23. The molecule has 0 unspecified atom stereocenters. The molecule has 1 aromatic heterocycles. The number of allylic oxidation sites excluding steroid dienone is 1. The number of ether oxygens (including phenoxy) is 1. The van der Waals surface area contributed by atoms with Crippen molar-refractivity contribution in [2.75, 3.05) is 12.9 Å². The minimum atomic E-state index is -3.89. The highest BCUT2D eigenvalue weighted by Gasteiger charge is 2.20. The molecule has 0 aliphatic rings. The molecule has 0 saturated carbocycles. The molecule has 0 saturated heterocycles. The number of non-ortho nitro benzene ring substituents is 1. The molecule has 11 heteroatoms. The average molecular weight is 447 g/mol. The zero-order valence-corrected chi connectivity index (χ0v) is 17.5. The largest absolute Gasteiger partial charge is 0.497 e. The van der Waals surface area contributed by atoms with Gasteiger partial charge in [-0.05, 0) is 30.3 Å². The van der Waals surface area contributed by atoms with Crippen LogP contribution in [-0.2, 0) is 21.2 Å². The Labute approximate surface area is 175 Å². The zero-order chi connectivity index (χ0) is 21.9. The first-order valence-corrected chi connectivity index (χ1v) is 11.0. The Hall–Kier alpha value is -3.31. The highest BCUT2D eigenvalue weighted by molar-refractivity contribution is 7.92. The number of thiazole rings is 1. The molecular formula is C19H17N3O6S2. The van der Waals surface area contributed by atoms with Crippen LogP contribution in [-0.4, -0.2) is 36.7 Å². The Morgan fingerprint density at radius 1 is 1.30 bits per heavy atom. The van der Waals surface area contributed by atoms with Gasteiger partial charge in [-0.3, -0.25) is 14.9 Å². The van der Waals surface area contributed by atoms with Gasteiger partial charge in [-0.25, -0.2) is 8.42 Å². The number of aromatic nitrogens is 1. The first kappa shape index (κ1) is 21.4. The van der Waals surface area contributed by atoms with Crippen molar-refractivity contribution in [1.29, 1.82) is 0 Å². The van der Waals surface area contributed by atoms with E-state index in [0.717, 1.165) is 11.3 Å². The normalized spacial score (nSPS) is 12.1. The van der Waals surface area contributed by atoms with Crippen molar-refractivity contribution in [3.05, 3.63) is 70.0 Å². The summed E-state index contributed by atoms with van der Waals surface area (Å²) in [4.78, 5) is 27.1. The lowest BCUT2D eigenvalue weighted by Gasteiger charge is -2.04. The number of carbonyl (C=O) groups is 1. The molecule has 2 aromatic carbocycles. The maximum absolute atomic E-state index is 12.5. The predicted octanol–water partition coefficient (Wildman–Crippen LogP) is 2.71. The molecule has 1 amide bonds. The molecule has 9 nitrogen and oxygen atoms in total. The number of amides is 1. The second kappa shape index (κ2) is 8.59. The van der Waals surface area contributed by atoms with Crippen LogP contribution in [0.1, 0.15) is 0 Å². The third-order valence-corrected chi connectivity index (χ3v) is 6.82. The van der Waals surface area contributed by atoms with Gasteiger partial charge in [0.05, 0.1) is 27.1 Å². The van der Waals surface area contributed by atoms with Gasteiger partial charge < -0.3 is 9.30 Å². The van der Waals surface area contributed by atoms with Crippen molar-refractivity contribution < 1.29 is 22.9 Å². The molecule has 3 aromatic rings.